The van der Waals surface area contributed by atoms with Crippen molar-refractivity contribution >= 4 is 31.9 Å². The minimum Gasteiger partial charge on any atom is -0.0922 e. The third kappa shape index (κ3) is 4.21. The van der Waals surface area contributed by atoms with E-state index >= 15 is 0 Å². The lowest BCUT2D eigenvalue weighted by atomic mass is 9.79. The summed E-state index contributed by atoms with van der Waals surface area (Å²) >= 11 is 7.38. The van der Waals surface area contributed by atoms with Crippen LogP contribution in [0.4, 0.5) is 0 Å². The Bertz CT molecular complexity index is 289. The highest BCUT2D eigenvalue weighted by molar-refractivity contribution is 9.09. The maximum atomic E-state index is 3.69. The minimum atomic E-state index is 0.343. The molecule has 0 nitrogen and oxygen atoms in total. The van der Waals surface area contributed by atoms with Crippen molar-refractivity contribution in [1.82, 2.24) is 0 Å². The second-order valence-electron chi connectivity index (χ2n) is 5.03. The van der Waals surface area contributed by atoms with Crippen molar-refractivity contribution in [2.45, 2.75) is 26.7 Å². The summed E-state index contributed by atoms with van der Waals surface area (Å²) in [6.07, 6.45) is 2.39. The van der Waals surface area contributed by atoms with Gasteiger partial charge in [0, 0.05) is 10.7 Å². The number of alkyl halides is 2. The first-order valence-electron chi connectivity index (χ1n) is 5.78. The first-order valence-corrected chi connectivity index (χ1v) is 8.02. The Hall–Kier alpha value is 0.180. The maximum Gasteiger partial charge on any atom is 0.00992 e. The highest BCUT2D eigenvalue weighted by atomic mass is 79.9. The molecule has 0 aromatic heterocycles. The van der Waals surface area contributed by atoms with Crippen LogP contribution < -0.4 is 0 Å². The molecule has 0 heterocycles. The van der Waals surface area contributed by atoms with Crippen molar-refractivity contribution in [2.24, 2.45) is 11.3 Å². The number of hydrogen-bond acceptors (Lipinski definition) is 0. The van der Waals surface area contributed by atoms with Crippen LogP contribution in [0.1, 0.15) is 25.8 Å². The summed E-state index contributed by atoms with van der Waals surface area (Å²) in [5.74, 6) is 0.735. The van der Waals surface area contributed by atoms with Crippen LogP contribution in [-0.2, 0) is 6.42 Å². The van der Waals surface area contributed by atoms with Gasteiger partial charge in [0.15, 0.2) is 0 Å². The van der Waals surface area contributed by atoms with Crippen LogP contribution in [-0.4, -0.2) is 10.7 Å². The molecule has 0 saturated carbocycles. The largest absolute Gasteiger partial charge is 0.0922 e. The van der Waals surface area contributed by atoms with E-state index in [1.54, 1.807) is 0 Å². The van der Waals surface area contributed by atoms with Crippen molar-refractivity contribution < 1.29 is 0 Å². The van der Waals surface area contributed by atoms with E-state index in [0.717, 1.165) is 23.0 Å². The predicted octanol–water partition coefficient (Wildman–Crippen LogP) is 5.05. The molecule has 0 fully saturated rings. The summed E-state index contributed by atoms with van der Waals surface area (Å²) in [7, 11) is 0. The van der Waals surface area contributed by atoms with Gasteiger partial charge in [-0.25, -0.2) is 0 Å². The van der Waals surface area contributed by atoms with E-state index in [-0.39, 0.29) is 0 Å². The number of benzene rings is 1. The molecule has 0 unspecified atom stereocenters. The molecule has 1 aromatic carbocycles. The van der Waals surface area contributed by atoms with E-state index < -0.39 is 0 Å². The monoisotopic (exact) mass is 346 g/mol. The summed E-state index contributed by atoms with van der Waals surface area (Å²) in [6, 6.07) is 10.8. The lowest BCUT2D eigenvalue weighted by Crippen LogP contribution is -2.29. The zero-order chi connectivity index (χ0) is 12.0. The molecule has 0 aliphatic rings. The van der Waals surface area contributed by atoms with Gasteiger partial charge in [0.2, 0.25) is 0 Å². The maximum absolute atomic E-state index is 3.69. The Morgan fingerprint density at radius 1 is 1.06 bits per heavy atom. The first-order chi connectivity index (χ1) is 7.62. The highest BCUT2D eigenvalue weighted by Crippen LogP contribution is 2.34. The molecule has 0 spiro atoms. The van der Waals surface area contributed by atoms with E-state index in [9.17, 15) is 0 Å². The van der Waals surface area contributed by atoms with Crippen LogP contribution in [0.3, 0.4) is 0 Å². The summed E-state index contributed by atoms with van der Waals surface area (Å²) in [4.78, 5) is 0. The predicted molar refractivity (Wildman–Crippen MR) is 79.6 cm³/mol. The van der Waals surface area contributed by atoms with Gasteiger partial charge in [-0.1, -0.05) is 76.0 Å². The van der Waals surface area contributed by atoms with E-state index in [1.165, 1.54) is 12.0 Å². The van der Waals surface area contributed by atoms with Gasteiger partial charge in [-0.2, -0.15) is 0 Å². The quantitative estimate of drug-likeness (QED) is 0.631. The van der Waals surface area contributed by atoms with Gasteiger partial charge < -0.3 is 0 Å². The Kier molecular flexibility index (Phi) is 6.06. The average Bonchev–Trinajstić information content (AvgIpc) is 2.29. The lowest BCUT2D eigenvalue weighted by molar-refractivity contribution is 0.304. The van der Waals surface area contributed by atoms with Crippen LogP contribution >= 0.6 is 31.9 Å². The number of rotatable bonds is 6. The molecular formula is C14H20Br2. The molecule has 90 valence electrons. The van der Waals surface area contributed by atoms with Crippen LogP contribution in [0.5, 0.6) is 0 Å². The van der Waals surface area contributed by atoms with Crippen LogP contribution in [0.2, 0.25) is 0 Å². The summed E-state index contributed by atoms with van der Waals surface area (Å²) in [5.41, 5.74) is 1.78. The Morgan fingerprint density at radius 3 is 2.06 bits per heavy atom. The zero-order valence-electron chi connectivity index (χ0n) is 10.0. The van der Waals surface area contributed by atoms with Crippen molar-refractivity contribution in [1.29, 1.82) is 0 Å². The van der Waals surface area contributed by atoms with Crippen molar-refractivity contribution in [2.75, 3.05) is 10.7 Å². The normalized spacial score (nSPS) is 12.1. The van der Waals surface area contributed by atoms with E-state index in [4.69, 9.17) is 0 Å². The summed E-state index contributed by atoms with van der Waals surface area (Å²) in [5, 5.41) is 2.11. The average molecular weight is 348 g/mol. The minimum absolute atomic E-state index is 0.343. The zero-order valence-corrected chi connectivity index (χ0v) is 13.2. The van der Waals surface area contributed by atoms with Crippen LogP contribution in [0, 0.1) is 11.3 Å². The van der Waals surface area contributed by atoms with Gasteiger partial charge in [0.1, 0.15) is 0 Å². The molecule has 16 heavy (non-hydrogen) atoms. The standard InChI is InChI=1S/C14H20Br2/c1-12(2)8-14(10-15,11-16)9-13-6-4-3-5-7-13/h3-7,12H,8-11H2,1-2H3. The van der Waals surface area contributed by atoms with E-state index in [1.807, 2.05) is 0 Å². The molecule has 0 amide bonds. The summed E-state index contributed by atoms with van der Waals surface area (Å²) in [6.45, 7) is 4.59. The van der Waals surface area contributed by atoms with Gasteiger partial charge >= 0.3 is 0 Å². The molecule has 2 heteroatoms. The van der Waals surface area contributed by atoms with Crippen molar-refractivity contribution in [3.8, 4) is 0 Å². The van der Waals surface area contributed by atoms with E-state index in [0.29, 0.717) is 5.41 Å². The number of hydrogen-bond donors (Lipinski definition) is 0. The SMILES string of the molecule is CC(C)CC(CBr)(CBr)Cc1ccccc1. The van der Waals surface area contributed by atoms with Gasteiger partial charge in [0.05, 0.1) is 0 Å². The molecule has 0 radical (unpaired) electrons. The fourth-order valence-electron chi connectivity index (χ4n) is 2.21. The molecule has 0 atom stereocenters. The lowest BCUT2D eigenvalue weighted by Gasteiger charge is -2.32. The smallest absolute Gasteiger partial charge is 0.00992 e. The summed E-state index contributed by atoms with van der Waals surface area (Å²) < 4.78 is 0. The van der Waals surface area contributed by atoms with Gasteiger partial charge in [-0.3, -0.25) is 0 Å². The first kappa shape index (κ1) is 14.2. The second-order valence-corrected chi connectivity index (χ2v) is 6.15. The Balaban J connectivity index is 2.78. The van der Waals surface area contributed by atoms with Crippen LogP contribution in [0.15, 0.2) is 30.3 Å². The second kappa shape index (κ2) is 6.80. The third-order valence-electron chi connectivity index (χ3n) is 2.83. The Labute approximate surface area is 116 Å². The third-order valence-corrected chi connectivity index (χ3v) is 5.21. The molecule has 0 bridgehead atoms. The topological polar surface area (TPSA) is 0 Å². The van der Waals surface area contributed by atoms with Gasteiger partial charge in [-0.05, 0) is 29.7 Å². The fourth-order valence-corrected chi connectivity index (χ4v) is 3.99. The molecule has 1 aromatic rings. The molecule has 1 rings (SSSR count). The van der Waals surface area contributed by atoms with Crippen LogP contribution in [0.25, 0.3) is 0 Å². The van der Waals surface area contributed by atoms with Gasteiger partial charge in [-0.15, -0.1) is 0 Å². The highest BCUT2D eigenvalue weighted by Gasteiger charge is 2.28. The van der Waals surface area contributed by atoms with Crippen molar-refractivity contribution in [3.05, 3.63) is 35.9 Å². The fraction of sp³-hybridized carbons (Fsp3) is 0.571. The molecule has 0 N–H and O–H groups in total. The molecular weight excluding hydrogens is 328 g/mol. The Morgan fingerprint density at radius 2 is 1.62 bits per heavy atom. The molecule has 0 saturated heterocycles. The molecule has 0 aliphatic carbocycles. The van der Waals surface area contributed by atoms with Crippen molar-refractivity contribution in [3.63, 3.8) is 0 Å². The molecule has 0 aliphatic heterocycles. The van der Waals surface area contributed by atoms with E-state index in [2.05, 4.69) is 76.0 Å². The van der Waals surface area contributed by atoms with Gasteiger partial charge in [0.25, 0.3) is 0 Å². The number of halogens is 2.